The first-order chi connectivity index (χ1) is 13.6. The predicted octanol–water partition coefficient (Wildman–Crippen LogP) is 4.37. The van der Waals surface area contributed by atoms with Crippen molar-refractivity contribution in [3.05, 3.63) is 59.3 Å². The van der Waals surface area contributed by atoms with Gasteiger partial charge in [-0.2, -0.15) is 5.26 Å². The van der Waals surface area contributed by atoms with Crippen LogP contribution >= 0.6 is 11.6 Å². The lowest BCUT2D eigenvalue weighted by molar-refractivity contribution is -0.112. The van der Waals surface area contributed by atoms with Crippen LogP contribution in [0, 0.1) is 11.3 Å². The monoisotopic (exact) mass is 395 g/mol. The summed E-state index contributed by atoms with van der Waals surface area (Å²) in [7, 11) is 0. The number of anilines is 4. The summed E-state index contributed by atoms with van der Waals surface area (Å²) in [5.41, 5.74) is 8.49. The second-order valence-corrected chi connectivity index (χ2v) is 7.01. The number of carbonyl (C=O) groups is 1. The molecule has 0 aliphatic carbocycles. The molecule has 1 aliphatic rings. The molecule has 1 heterocycles. The number of rotatable bonds is 5. The number of nitrogens with two attached hydrogens (primary N) is 1. The van der Waals surface area contributed by atoms with E-state index >= 15 is 0 Å². The van der Waals surface area contributed by atoms with E-state index in [0.717, 1.165) is 18.8 Å². The average Bonchev–Trinajstić information content (AvgIpc) is 2.72. The first-order valence-corrected chi connectivity index (χ1v) is 9.53. The topological polar surface area (TPSA) is 94.2 Å². The molecule has 4 N–H and O–H groups in total. The Balaban J connectivity index is 1.63. The van der Waals surface area contributed by atoms with Crippen LogP contribution in [-0.2, 0) is 4.79 Å². The highest BCUT2D eigenvalue weighted by molar-refractivity contribution is 6.33. The van der Waals surface area contributed by atoms with Crippen LogP contribution in [0.15, 0.2) is 54.2 Å². The van der Waals surface area contributed by atoms with Crippen LogP contribution in [0.5, 0.6) is 0 Å². The van der Waals surface area contributed by atoms with Gasteiger partial charge in [-0.25, -0.2) is 0 Å². The predicted molar refractivity (Wildman–Crippen MR) is 114 cm³/mol. The van der Waals surface area contributed by atoms with Gasteiger partial charge in [-0.05, 0) is 61.7 Å². The van der Waals surface area contributed by atoms with Gasteiger partial charge in [0.15, 0.2) is 0 Å². The molecule has 2 aromatic carbocycles. The Hall–Kier alpha value is -3.17. The van der Waals surface area contributed by atoms with Crippen molar-refractivity contribution in [2.45, 2.75) is 19.3 Å². The van der Waals surface area contributed by atoms with E-state index in [0.29, 0.717) is 16.4 Å². The number of hydrogen-bond acceptors (Lipinski definition) is 5. The van der Waals surface area contributed by atoms with E-state index in [1.54, 1.807) is 12.1 Å². The van der Waals surface area contributed by atoms with E-state index in [-0.39, 0.29) is 5.57 Å². The third-order valence-corrected chi connectivity index (χ3v) is 4.92. The number of nitrogens with one attached hydrogen (secondary N) is 2. The van der Waals surface area contributed by atoms with Crippen molar-refractivity contribution < 1.29 is 4.79 Å². The smallest absolute Gasteiger partial charge is 0.267 e. The van der Waals surface area contributed by atoms with Gasteiger partial charge in [0.05, 0.1) is 10.7 Å². The molecule has 0 atom stereocenters. The third-order valence-electron chi connectivity index (χ3n) is 4.60. The number of hydrogen-bond donors (Lipinski definition) is 3. The summed E-state index contributed by atoms with van der Waals surface area (Å²) in [4.78, 5) is 14.7. The van der Waals surface area contributed by atoms with E-state index in [2.05, 4.69) is 15.5 Å². The largest absolute Gasteiger partial charge is 0.398 e. The maximum atomic E-state index is 12.3. The number of amides is 1. The molecule has 1 saturated heterocycles. The maximum Gasteiger partial charge on any atom is 0.267 e. The van der Waals surface area contributed by atoms with E-state index in [1.165, 1.54) is 37.2 Å². The Morgan fingerprint density at radius 2 is 1.79 bits per heavy atom. The van der Waals surface area contributed by atoms with Gasteiger partial charge in [0.25, 0.3) is 5.91 Å². The molecule has 1 amide bonds. The molecule has 0 unspecified atom stereocenters. The summed E-state index contributed by atoms with van der Waals surface area (Å²) in [5, 5.41) is 15.3. The van der Waals surface area contributed by atoms with Crippen LogP contribution in [-0.4, -0.2) is 19.0 Å². The van der Waals surface area contributed by atoms with E-state index in [9.17, 15) is 10.1 Å². The standard InChI is InChI=1S/C21H22ClN5O/c22-19-12-17(6-9-20(19)24)26-21(28)15(13-23)14-25-16-4-7-18(8-5-16)27-10-2-1-3-11-27/h4-9,12,14,25H,1-3,10-11,24H2,(H,26,28)/b15-14-. The SMILES string of the molecule is N#C/C(=C/Nc1ccc(N2CCCCC2)cc1)C(=O)Nc1ccc(N)c(Cl)c1. The summed E-state index contributed by atoms with van der Waals surface area (Å²) < 4.78 is 0. The molecule has 2 aromatic rings. The molecule has 3 rings (SSSR count). The molecule has 28 heavy (non-hydrogen) atoms. The van der Waals surface area contributed by atoms with E-state index in [4.69, 9.17) is 17.3 Å². The lowest BCUT2D eigenvalue weighted by atomic mass is 10.1. The third kappa shape index (κ3) is 4.96. The quantitative estimate of drug-likeness (QED) is 0.397. The van der Waals surface area contributed by atoms with Crippen LogP contribution in [0.4, 0.5) is 22.7 Å². The number of piperidine rings is 1. The van der Waals surface area contributed by atoms with Gasteiger partial charge in [-0.3, -0.25) is 4.79 Å². The van der Waals surface area contributed by atoms with Crippen molar-refractivity contribution in [1.82, 2.24) is 0 Å². The Kier molecular flexibility index (Phi) is 6.41. The maximum absolute atomic E-state index is 12.3. The number of nitriles is 1. The molecule has 1 fully saturated rings. The minimum Gasteiger partial charge on any atom is -0.398 e. The molecule has 7 heteroatoms. The summed E-state index contributed by atoms with van der Waals surface area (Å²) in [6.07, 6.45) is 5.14. The molecular weight excluding hydrogens is 374 g/mol. The van der Waals surface area contributed by atoms with E-state index in [1.807, 2.05) is 30.3 Å². The average molecular weight is 396 g/mol. The van der Waals surface area contributed by atoms with Crippen LogP contribution in [0.1, 0.15) is 19.3 Å². The van der Waals surface area contributed by atoms with Crippen LogP contribution in [0.2, 0.25) is 5.02 Å². The number of halogens is 1. The lowest BCUT2D eigenvalue weighted by Crippen LogP contribution is -2.29. The minimum atomic E-state index is -0.527. The Bertz CT molecular complexity index is 911. The molecule has 6 nitrogen and oxygen atoms in total. The van der Waals surface area contributed by atoms with Gasteiger partial charge in [-0.1, -0.05) is 11.6 Å². The normalized spacial score (nSPS) is 14.3. The highest BCUT2D eigenvalue weighted by Gasteiger charge is 2.12. The fourth-order valence-electron chi connectivity index (χ4n) is 3.03. The second-order valence-electron chi connectivity index (χ2n) is 6.60. The molecule has 144 valence electrons. The van der Waals surface area contributed by atoms with Crippen LogP contribution in [0.3, 0.4) is 0 Å². The highest BCUT2D eigenvalue weighted by Crippen LogP contribution is 2.23. The molecule has 0 saturated carbocycles. The van der Waals surface area contributed by atoms with Crippen LogP contribution in [0.25, 0.3) is 0 Å². The minimum absolute atomic E-state index is 0.0481. The zero-order chi connectivity index (χ0) is 19.9. The molecule has 0 radical (unpaired) electrons. The van der Waals surface area contributed by atoms with Crippen molar-refractivity contribution in [2.75, 3.05) is 34.4 Å². The zero-order valence-electron chi connectivity index (χ0n) is 15.4. The van der Waals surface area contributed by atoms with Gasteiger partial charge in [-0.15, -0.1) is 0 Å². The van der Waals surface area contributed by atoms with Crippen LogP contribution < -0.4 is 21.3 Å². The Morgan fingerprint density at radius 3 is 2.43 bits per heavy atom. The molecular formula is C21H22ClN5O. The molecule has 1 aliphatic heterocycles. The van der Waals surface area contributed by atoms with Crippen molar-refractivity contribution in [2.24, 2.45) is 0 Å². The molecule has 0 spiro atoms. The summed E-state index contributed by atoms with van der Waals surface area (Å²) >= 11 is 5.95. The fourth-order valence-corrected chi connectivity index (χ4v) is 3.21. The molecule has 0 bridgehead atoms. The van der Waals surface area contributed by atoms with Crippen molar-refractivity contribution in [1.29, 1.82) is 5.26 Å². The van der Waals surface area contributed by atoms with E-state index < -0.39 is 5.91 Å². The number of nitrogen functional groups attached to an aromatic ring is 1. The van der Waals surface area contributed by atoms with Gasteiger partial charge < -0.3 is 21.3 Å². The zero-order valence-corrected chi connectivity index (χ0v) is 16.2. The Labute approximate surface area is 169 Å². The summed E-state index contributed by atoms with van der Waals surface area (Å²) in [5.74, 6) is -0.527. The highest BCUT2D eigenvalue weighted by atomic mass is 35.5. The number of benzene rings is 2. The Morgan fingerprint density at radius 1 is 1.11 bits per heavy atom. The fraction of sp³-hybridized carbons (Fsp3) is 0.238. The van der Waals surface area contributed by atoms with Crippen molar-refractivity contribution in [3.8, 4) is 6.07 Å². The van der Waals surface area contributed by atoms with Crippen molar-refractivity contribution >= 4 is 40.3 Å². The first-order valence-electron chi connectivity index (χ1n) is 9.15. The van der Waals surface area contributed by atoms with Gasteiger partial charge in [0.1, 0.15) is 11.6 Å². The number of carbonyl (C=O) groups excluding carboxylic acids is 1. The second kappa shape index (κ2) is 9.16. The summed E-state index contributed by atoms with van der Waals surface area (Å²) in [6, 6.07) is 14.6. The van der Waals surface area contributed by atoms with Crippen molar-refractivity contribution in [3.63, 3.8) is 0 Å². The summed E-state index contributed by atoms with van der Waals surface area (Å²) in [6.45, 7) is 2.17. The van der Waals surface area contributed by atoms with Gasteiger partial charge in [0.2, 0.25) is 0 Å². The lowest BCUT2D eigenvalue weighted by Gasteiger charge is -2.28. The van der Waals surface area contributed by atoms with Gasteiger partial charge in [0, 0.05) is 36.4 Å². The molecule has 0 aromatic heterocycles. The first kappa shape index (κ1) is 19.6. The van der Waals surface area contributed by atoms with Gasteiger partial charge >= 0.3 is 0 Å². The number of nitrogens with zero attached hydrogens (tertiary/aromatic N) is 2.